The van der Waals surface area contributed by atoms with Gasteiger partial charge in [-0.3, -0.25) is 9.59 Å². The average Bonchev–Trinajstić information content (AvgIpc) is 3.19. The average molecular weight is 512 g/mol. The van der Waals surface area contributed by atoms with Gasteiger partial charge in [-0.2, -0.15) is 0 Å². The maximum Gasteiger partial charge on any atom is 0.304 e. The minimum Gasteiger partial charge on any atom is -0.460 e. The van der Waals surface area contributed by atoms with Crippen molar-refractivity contribution in [1.82, 2.24) is 0 Å². The quantitative estimate of drug-likeness (QED) is 0.166. The number of carbonyl (C=O) groups is 2. The van der Waals surface area contributed by atoms with Crippen LogP contribution in [0.3, 0.4) is 0 Å². The van der Waals surface area contributed by atoms with E-state index in [0.717, 1.165) is 10.4 Å². The minimum absolute atomic E-state index is 0.0204. The van der Waals surface area contributed by atoms with E-state index in [1.165, 1.54) is 13.8 Å². The molecular formula is C26H33N3O6Si. The van der Waals surface area contributed by atoms with Gasteiger partial charge in [-0.05, 0) is 20.9 Å². The highest BCUT2D eigenvalue weighted by atomic mass is 28.4. The van der Waals surface area contributed by atoms with E-state index < -0.39 is 44.8 Å². The largest absolute Gasteiger partial charge is 0.460 e. The Kier molecular flexibility index (Phi) is 8.92. The minimum atomic E-state index is -2.92. The van der Waals surface area contributed by atoms with E-state index in [4.69, 9.17) is 18.6 Å². The van der Waals surface area contributed by atoms with E-state index >= 15 is 0 Å². The third-order valence-corrected chi connectivity index (χ3v) is 11.2. The first-order chi connectivity index (χ1) is 17.1. The maximum absolute atomic E-state index is 11.8. The van der Waals surface area contributed by atoms with Gasteiger partial charge >= 0.3 is 11.9 Å². The molecule has 1 saturated heterocycles. The third kappa shape index (κ3) is 6.14. The van der Waals surface area contributed by atoms with Crippen LogP contribution in [0, 0.1) is 0 Å². The summed E-state index contributed by atoms with van der Waals surface area (Å²) in [5.41, 5.74) is 9.37. The number of carbonyl (C=O) groups excluding carboxylic acids is 2. The molecule has 36 heavy (non-hydrogen) atoms. The lowest BCUT2D eigenvalue weighted by Gasteiger charge is -2.43. The van der Waals surface area contributed by atoms with Crippen molar-refractivity contribution in [3.8, 4) is 0 Å². The Hall–Kier alpha value is -3.17. The second-order valence-corrected chi connectivity index (χ2v) is 14.1. The summed E-state index contributed by atoms with van der Waals surface area (Å²) in [5, 5.41) is 5.83. The monoisotopic (exact) mass is 511 g/mol. The number of rotatable bonds is 9. The highest BCUT2D eigenvalue weighted by molar-refractivity contribution is 6.99. The fourth-order valence-electron chi connectivity index (χ4n) is 4.80. The molecule has 2 aromatic rings. The van der Waals surface area contributed by atoms with Gasteiger partial charge in [-0.1, -0.05) is 86.5 Å². The van der Waals surface area contributed by atoms with Crippen molar-refractivity contribution in [3.05, 3.63) is 71.1 Å². The van der Waals surface area contributed by atoms with Crippen molar-refractivity contribution in [2.24, 2.45) is 5.11 Å². The van der Waals surface area contributed by atoms with Gasteiger partial charge in [-0.15, -0.1) is 0 Å². The number of benzene rings is 2. The zero-order chi connectivity index (χ0) is 26.3. The molecule has 0 spiro atoms. The van der Waals surface area contributed by atoms with Crippen molar-refractivity contribution in [2.75, 3.05) is 6.61 Å². The van der Waals surface area contributed by atoms with E-state index in [0.29, 0.717) is 0 Å². The first-order valence-corrected chi connectivity index (χ1v) is 13.8. The molecule has 1 fully saturated rings. The molecule has 0 saturated carbocycles. The zero-order valence-electron chi connectivity index (χ0n) is 21.3. The lowest BCUT2D eigenvalue weighted by molar-refractivity contribution is -0.175. The molecule has 0 N–H and O–H groups in total. The molecule has 4 atom stereocenters. The van der Waals surface area contributed by atoms with Gasteiger partial charge in [0.05, 0.1) is 6.04 Å². The smallest absolute Gasteiger partial charge is 0.304 e. The lowest BCUT2D eigenvalue weighted by Crippen LogP contribution is -2.67. The second-order valence-electron chi connectivity index (χ2n) is 9.77. The summed E-state index contributed by atoms with van der Waals surface area (Å²) >= 11 is 0. The van der Waals surface area contributed by atoms with E-state index in [-0.39, 0.29) is 18.1 Å². The summed E-state index contributed by atoms with van der Waals surface area (Å²) in [6.45, 7) is 9.02. The molecule has 1 aliphatic heterocycles. The highest BCUT2D eigenvalue weighted by Crippen LogP contribution is 2.37. The molecular weight excluding hydrogens is 478 g/mol. The Morgan fingerprint density at radius 2 is 1.56 bits per heavy atom. The van der Waals surface area contributed by atoms with Crippen molar-refractivity contribution < 1.29 is 28.2 Å². The van der Waals surface area contributed by atoms with Crippen molar-refractivity contribution in [1.29, 1.82) is 0 Å². The van der Waals surface area contributed by atoms with E-state index in [2.05, 4.69) is 55.1 Å². The standard InChI is InChI=1S/C26H33N3O6Si/c1-18(30)33-23-16-24(34-19(2)31)35-25(23)22(28-29-27)17-32-36(26(3,4)5,20-12-8-6-9-13-20)21-14-10-7-11-15-21/h6-15,22-25H,16-17H2,1-5H3/t22-,23+,24-,25-/m1/s1. The summed E-state index contributed by atoms with van der Waals surface area (Å²) in [5.74, 6) is -1.03. The molecule has 0 aliphatic carbocycles. The number of ether oxygens (including phenoxy) is 3. The Balaban J connectivity index is 2.01. The first-order valence-electron chi connectivity index (χ1n) is 11.9. The number of hydrogen-bond acceptors (Lipinski definition) is 7. The normalized spacial score (nSPS) is 20.8. The molecule has 1 heterocycles. The van der Waals surface area contributed by atoms with Gasteiger partial charge in [0.15, 0.2) is 0 Å². The molecule has 3 rings (SSSR count). The van der Waals surface area contributed by atoms with Crippen LogP contribution in [0.4, 0.5) is 0 Å². The predicted molar refractivity (Wildman–Crippen MR) is 137 cm³/mol. The van der Waals surface area contributed by atoms with Gasteiger partial charge < -0.3 is 18.6 Å². The third-order valence-electron chi connectivity index (χ3n) is 6.18. The highest BCUT2D eigenvalue weighted by Gasteiger charge is 2.51. The van der Waals surface area contributed by atoms with Crippen molar-refractivity contribution >= 4 is 30.6 Å². The predicted octanol–water partition coefficient (Wildman–Crippen LogP) is 3.85. The number of hydrogen-bond donors (Lipinski definition) is 0. The Morgan fingerprint density at radius 3 is 2.00 bits per heavy atom. The van der Waals surface area contributed by atoms with Crippen LogP contribution in [0.5, 0.6) is 0 Å². The second kappa shape index (κ2) is 11.7. The Morgan fingerprint density at radius 1 is 1.03 bits per heavy atom. The molecule has 0 unspecified atom stereocenters. The van der Waals surface area contributed by atoms with Crippen LogP contribution in [-0.2, 0) is 28.2 Å². The fourth-order valence-corrected chi connectivity index (χ4v) is 9.38. The summed E-state index contributed by atoms with van der Waals surface area (Å²) in [4.78, 5) is 26.3. The van der Waals surface area contributed by atoms with Crippen molar-refractivity contribution in [3.63, 3.8) is 0 Å². The van der Waals surface area contributed by atoms with Crippen LogP contribution in [0.2, 0.25) is 5.04 Å². The van der Waals surface area contributed by atoms with Crippen molar-refractivity contribution in [2.45, 2.75) is 70.6 Å². The number of esters is 2. The summed E-state index contributed by atoms with van der Waals surface area (Å²) in [7, 11) is -2.92. The number of azide groups is 1. The van der Waals surface area contributed by atoms with E-state index in [1.54, 1.807) is 0 Å². The molecule has 9 nitrogen and oxygen atoms in total. The number of nitrogens with zero attached hydrogens (tertiary/aromatic N) is 3. The first kappa shape index (κ1) is 27.4. The maximum atomic E-state index is 11.8. The van der Waals surface area contributed by atoms with Crippen LogP contribution in [0.1, 0.15) is 41.0 Å². The molecule has 0 amide bonds. The molecule has 2 aromatic carbocycles. The molecule has 0 aromatic heterocycles. The SMILES string of the molecule is CC(=O)O[C@H]1C[C@H](OC(C)=O)[C@@H]([C@@H](CO[Si](c2ccccc2)(c2ccccc2)C(C)(C)C)N=[N+]=[N-])O1. The van der Waals surface area contributed by atoms with Crippen LogP contribution < -0.4 is 10.4 Å². The topological polar surface area (TPSA) is 120 Å². The van der Waals surface area contributed by atoms with Gasteiger partial charge in [0.1, 0.15) is 12.2 Å². The lowest BCUT2D eigenvalue weighted by atomic mass is 10.1. The van der Waals surface area contributed by atoms with Crippen LogP contribution in [-0.4, -0.2) is 51.4 Å². The molecule has 0 radical (unpaired) electrons. The van der Waals surface area contributed by atoms with Crippen LogP contribution >= 0.6 is 0 Å². The van der Waals surface area contributed by atoms with Gasteiger partial charge in [0, 0.05) is 31.8 Å². The van der Waals surface area contributed by atoms with Gasteiger partial charge in [0.2, 0.25) is 6.29 Å². The molecule has 1 aliphatic rings. The zero-order valence-corrected chi connectivity index (χ0v) is 22.3. The van der Waals surface area contributed by atoms with Crippen LogP contribution in [0.25, 0.3) is 10.4 Å². The molecule has 10 heteroatoms. The molecule has 0 bridgehead atoms. The molecule has 192 valence electrons. The Bertz CT molecular complexity index is 1050. The van der Waals surface area contributed by atoms with E-state index in [9.17, 15) is 15.1 Å². The summed E-state index contributed by atoms with van der Waals surface area (Å²) < 4.78 is 23.5. The van der Waals surface area contributed by atoms with Gasteiger partial charge in [-0.25, -0.2) is 0 Å². The van der Waals surface area contributed by atoms with Gasteiger partial charge in [0.25, 0.3) is 8.32 Å². The van der Waals surface area contributed by atoms with Crippen LogP contribution in [0.15, 0.2) is 65.8 Å². The summed E-state index contributed by atoms with van der Waals surface area (Å²) in [6.07, 6.45) is -2.38. The van der Waals surface area contributed by atoms with E-state index in [1.807, 2.05) is 36.4 Å². The summed E-state index contributed by atoms with van der Waals surface area (Å²) in [6, 6.07) is 19.3. The fraction of sp³-hybridized carbons (Fsp3) is 0.462. The Labute approximate surface area is 212 Å².